The van der Waals surface area contributed by atoms with Crippen LogP contribution in [0.2, 0.25) is 19.6 Å². The number of hydrogen-bond acceptors (Lipinski definition) is 4. The molecule has 41 heavy (non-hydrogen) atoms. The molecule has 0 amide bonds. The van der Waals surface area contributed by atoms with Crippen LogP contribution in [0.25, 0.3) is 44.1 Å². The minimum absolute atomic E-state index is 0. The molecule has 0 aliphatic rings. The maximum absolute atomic E-state index is 10.0. The molecule has 0 aliphatic carbocycles. The molecule has 5 rings (SSSR count). The van der Waals surface area contributed by atoms with Gasteiger partial charge in [0.05, 0.1) is 19.3 Å². The Labute approximate surface area is 257 Å². The fourth-order valence-electron chi connectivity index (χ4n) is 5.05. The molecular weight excluding hydrogens is 701 g/mol. The van der Waals surface area contributed by atoms with Crippen molar-refractivity contribution < 1.29 is 30.0 Å². The van der Waals surface area contributed by atoms with Crippen LogP contribution < -0.4 is 5.19 Å². The Hall–Kier alpha value is -3.44. The first-order chi connectivity index (χ1) is 18.8. The van der Waals surface area contributed by atoms with Gasteiger partial charge >= 0.3 is 0 Å². The summed E-state index contributed by atoms with van der Waals surface area (Å²) in [6.07, 6.45) is 5.05. The van der Waals surface area contributed by atoms with E-state index in [0.29, 0.717) is 0 Å². The maximum atomic E-state index is 10.0. The number of nitrogens with zero attached hydrogens (tertiary/aromatic N) is 2. The molecule has 2 aromatic heterocycles. The molecule has 6 heteroatoms. The zero-order valence-electron chi connectivity index (χ0n) is 25.0. The predicted molar refractivity (Wildman–Crippen MR) is 171 cm³/mol. The molecule has 0 aliphatic heterocycles. The molecule has 0 atom stereocenters. The number of rotatable bonds is 4. The van der Waals surface area contributed by atoms with Crippen molar-refractivity contribution in [2.45, 2.75) is 54.3 Å². The Kier molecular flexibility index (Phi) is 10.2. The van der Waals surface area contributed by atoms with Crippen LogP contribution >= 0.6 is 0 Å². The van der Waals surface area contributed by atoms with E-state index in [1.807, 2.05) is 12.4 Å². The van der Waals surface area contributed by atoms with Gasteiger partial charge in [0, 0.05) is 44.0 Å². The van der Waals surface area contributed by atoms with Gasteiger partial charge in [0.25, 0.3) is 0 Å². The third-order valence-electron chi connectivity index (χ3n) is 6.91. The molecule has 0 fully saturated rings. The molecule has 2 heterocycles. The third-order valence-corrected chi connectivity index (χ3v) is 8.98. The van der Waals surface area contributed by atoms with E-state index in [1.54, 1.807) is 0 Å². The van der Waals surface area contributed by atoms with E-state index in [1.165, 1.54) is 58.1 Å². The van der Waals surface area contributed by atoms with Gasteiger partial charge < -0.3 is 10.1 Å². The van der Waals surface area contributed by atoms with Gasteiger partial charge in [-0.25, -0.2) is 0 Å². The number of pyridine rings is 2. The summed E-state index contributed by atoms with van der Waals surface area (Å²) < 4.78 is 0. The number of carbonyl (C=O) groups is 1. The van der Waals surface area contributed by atoms with Gasteiger partial charge in [-0.1, -0.05) is 75.1 Å². The minimum atomic E-state index is -1.31. The summed E-state index contributed by atoms with van der Waals surface area (Å²) >= 11 is 0. The van der Waals surface area contributed by atoms with Crippen LogP contribution in [0.15, 0.2) is 78.8 Å². The van der Waals surface area contributed by atoms with Crippen molar-refractivity contribution in [3.8, 4) is 22.4 Å². The minimum Gasteiger partial charge on any atom is -0.512 e. The monoisotopic (exact) mass is 738 g/mol. The Balaban J connectivity index is 0.000000516. The molecule has 3 aromatic carbocycles. The summed E-state index contributed by atoms with van der Waals surface area (Å²) in [7, 11) is -1.31. The zero-order valence-corrected chi connectivity index (χ0v) is 28.4. The van der Waals surface area contributed by atoms with Gasteiger partial charge in [-0.3, -0.25) is 9.78 Å². The van der Waals surface area contributed by atoms with E-state index in [2.05, 4.69) is 101 Å². The van der Waals surface area contributed by atoms with E-state index < -0.39 is 8.07 Å². The molecule has 1 radical (unpaired) electrons. The second kappa shape index (κ2) is 13.0. The normalized spacial score (nSPS) is 11.6. The number of aliphatic hydroxyl groups excluding tert-OH is 1. The second-order valence-electron chi connectivity index (χ2n) is 11.5. The van der Waals surface area contributed by atoms with Crippen molar-refractivity contribution in [3.63, 3.8) is 0 Å². The van der Waals surface area contributed by atoms with Crippen molar-refractivity contribution in [2.24, 2.45) is 0 Å². The molecule has 0 bridgehead atoms. The van der Waals surface area contributed by atoms with Gasteiger partial charge in [-0.15, -0.1) is 34.9 Å². The smallest absolute Gasteiger partial charge is 0.155 e. The summed E-state index contributed by atoms with van der Waals surface area (Å²) in [5, 5.41) is 13.3. The summed E-state index contributed by atoms with van der Waals surface area (Å²) in [4.78, 5) is 19.7. The Bertz CT molecular complexity index is 1730. The molecule has 0 spiro atoms. The fourth-order valence-corrected chi connectivity index (χ4v) is 6.21. The first kappa shape index (κ1) is 32.1. The molecule has 5 aromatic rings. The van der Waals surface area contributed by atoms with E-state index in [-0.39, 0.29) is 31.6 Å². The SMILES string of the molecule is CC(=O)/C=C(/C)O.Cc1[c-]c(-c2nccc3c2cnc2c(C)c(-c4ccc([Si](C)(C)C)cc4)ccc23)cc(C)c1.[Ir]. The number of aryl methyl sites for hydroxylation is 3. The Morgan fingerprint density at radius 3 is 2.12 bits per heavy atom. The van der Waals surface area contributed by atoms with Crippen molar-refractivity contribution in [1.82, 2.24) is 9.97 Å². The molecule has 213 valence electrons. The number of carbonyl (C=O) groups excluding carboxylic acids is 1. The quantitative estimate of drug-likeness (QED) is 0.0662. The van der Waals surface area contributed by atoms with Crippen LogP contribution in [-0.4, -0.2) is 28.9 Å². The molecule has 4 nitrogen and oxygen atoms in total. The van der Waals surface area contributed by atoms with Gasteiger partial charge in [-0.2, -0.15) is 0 Å². The van der Waals surface area contributed by atoms with Crippen LogP contribution in [0.1, 0.15) is 30.5 Å². The number of allylic oxidation sites excluding steroid dienone is 2. The Morgan fingerprint density at radius 1 is 0.878 bits per heavy atom. The number of benzene rings is 3. The van der Waals surface area contributed by atoms with E-state index in [4.69, 9.17) is 15.1 Å². The molecule has 0 unspecified atom stereocenters. The second-order valence-corrected chi connectivity index (χ2v) is 16.6. The standard InChI is InChI=1S/C30H29N2Si.C5H8O2.Ir/c1-19-15-20(2)17-23(16-19)30-28-18-32-29-21(3)25(11-12-27(29)26(28)13-14-31-30)22-7-9-24(10-8-22)33(4,5)6;1-4(6)3-5(2)7;/h7-16,18H,1-6H3;3,6H,1-2H3;/q-1;;/b;4-3-;. The zero-order chi connectivity index (χ0) is 29.2. The summed E-state index contributed by atoms with van der Waals surface area (Å²) in [6, 6.07) is 23.5. The number of hydrogen-bond donors (Lipinski definition) is 1. The average Bonchev–Trinajstić information content (AvgIpc) is 2.87. The van der Waals surface area contributed by atoms with E-state index in [0.717, 1.165) is 27.7 Å². The Morgan fingerprint density at radius 2 is 1.56 bits per heavy atom. The number of fused-ring (bicyclic) bond motifs is 3. The largest absolute Gasteiger partial charge is 0.512 e. The topological polar surface area (TPSA) is 63.1 Å². The first-order valence-electron chi connectivity index (χ1n) is 13.5. The van der Waals surface area contributed by atoms with Crippen molar-refractivity contribution >= 4 is 40.7 Å². The van der Waals surface area contributed by atoms with Crippen LogP contribution in [0.5, 0.6) is 0 Å². The van der Waals surface area contributed by atoms with Crippen molar-refractivity contribution in [3.05, 3.63) is 102 Å². The van der Waals surface area contributed by atoms with Crippen molar-refractivity contribution in [1.29, 1.82) is 0 Å². The summed E-state index contributed by atoms with van der Waals surface area (Å²) in [5.74, 6) is -0.0625. The molecule has 0 saturated heterocycles. The van der Waals surface area contributed by atoms with Gasteiger partial charge in [0.2, 0.25) is 0 Å². The van der Waals surface area contributed by atoms with Crippen LogP contribution in [0.4, 0.5) is 0 Å². The van der Waals surface area contributed by atoms with E-state index >= 15 is 0 Å². The van der Waals surface area contributed by atoms with Gasteiger partial charge in [-0.05, 0) is 60.0 Å². The van der Waals surface area contributed by atoms with Gasteiger partial charge in [0.1, 0.15) is 0 Å². The van der Waals surface area contributed by atoms with Gasteiger partial charge in [0.15, 0.2) is 5.78 Å². The summed E-state index contributed by atoms with van der Waals surface area (Å²) in [6.45, 7) is 16.4. The van der Waals surface area contributed by atoms with Crippen LogP contribution in [0.3, 0.4) is 0 Å². The number of aromatic nitrogens is 2. The summed E-state index contributed by atoms with van der Waals surface area (Å²) in [5.41, 5.74) is 9.06. The number of ketones is 1. The molecule has 1 N–H and O–H groups in total. The van der Waals surface area contributed by atoms with Crippen LogP contribution in [-0.2, 0) is 24.9 Å². The maximum Gasteiger partial charge on any atom is 0.155 e. The van der Waals surface area contributed by atoms with Crippen LogP contribution in [0, 0.1) is 26.8 Å². The average molecular weight is 738 g/mol. The van der Waals surface area contributed by atoms with Crippen molar-refractivity contribution in [2.75, 3.05) is 0 Å². The molecule has 0 saturated carbocycles. The van der Waals surface area contributed by atoms with E-state index in [9.17, 15) is 4.79 Å². The molecular formula is C35H37IrN2O2Si-. The predicted octanol–water partition coefficient (Wildman–Crippen LogP) is 8.42. The third kappa shape index (κ3) is 7.45. The number of aliphatic hydroxyl groups is 1. The first-order valence-corrected chi connectivity index (χ1v) is 17.0. The fraction of sp³-hybridized carbons (Fsp3) is 0.229.